The zero-order valence-electron chi connectivity index (χ0n) is 11.5. The largest absolute Gasteiger partial charge is 0.310 e. The van der Waals surface area contributed by atoms with Crippen molar-refractivity contribution < 1.29 is 8.42 Å². The molecule has 0 saturated heterocycles. The smallest absolute Gasteiger partial charge is 0.153 e. The van der Waals surface area contributed by atoms with E-state index in [2.05, 4.69) is 31.1 Å². The molecule has 0 aromatic carbocycles. The number of hydrogen-bond donors (Lipinski definition) is 1. The summed E-state index contributed by atoms with van der Waals surface area (Å²) in [7, 11) is -3.00. The first-order valence-corrected chi connectivity index (χ1v) is 9.08. The molecular formula is C12H22N2O2S2. The van der Waals surface area contributed by atoms with Crippen LogP contribution in [0.25, 0.3) is 0 Å². The number of rotatable bonds is 7. The molecule has 0 bridgehead atoms. The Morgan fingerprint density at radius 3 is 2.56 bits per heavy atom. The Hall–Kier alpha value is -0.460. The number of aryl methyl sites for hydroxylation is 1. The average molecular weight is 290 g/mol. The van der Waals surface area contributed by atoms with Gasteiger partial charge in [-0.05, 0) is 6.42 Å². The van der Waals surface area contributed by atoms with Crippen molar-refractivity contribution in [2.45, 2.75) is 52.0 Å². The summed E-state index contributed by atoms with van der Waals surface area (Å²) >= 11 is 1.52. The number of nitrogens with one attached hydrogen (secondary N) is 1. The van der Waals surface area contributed by atoms with Crippen LogP contribution in [0, 0.1) is 0 Å². The van der Waals surface area contributed by atoms with Crippen molar-refractivity contribution in [1.29, 1.82) is 0 Å². The predicted molar refractivity (Wildman–Crippen MR) is 76.6 cm³/mol. The molecule has 1 aromatic heterocycles. The Kier molecular flexibility index (Phi) is 5.75. The lowest BCUT2D eigenvalue weighted by Crippen LogP contribution is -2.21. The van der Waals surface area contributed by atoms with E-state index >= 15 is 0 Å². The van der Waals surface area contributed by atoms with Gasteiger partial charge in [0.1, 0.15) is 10.8 Å². The molecule has 6 heteroatoms. The number of aromatic nitrogens is 1. The van der Waals surface area contributed by atoms with E-state index in [9.17, 15) is 8.42 Å². The van der Waals surface area contributed by atoms with Crippen LogP contribution in [0.2, 0.25) is 0 Å². The quantitative estimate of drug-likeness (QED) is 0.836. The molecule has 0 atom stereocenters. The summed E-state index contributed by atoms with van der Waals surface area (Å²) in [4.78, 5) is 5.63. The van der Waals surface area contributed by atoms with Gasteiger partial charge in [0.25, 0.3) is 0 Å². The summed E-state index contributed by atoms with van der Waals surface area (Å²) < 4.78 is 22.6. The Bertz CT molecular complexity index is 478. The van der Waals surface area contributed by atoms with Crippen LogP contribution in [0.5, 0.6) is 0 Å². The second kappa shape index (κ2) is 6.63. The van der Waals surface area contributed by atoms with Crippen molar-refractivity contribution in [1.82, 2.24) is 10.3 Å². The van der Waals surface area contributed by atoms with Gasteiger partial charge in [-0.25, -0.2) is 13.4 Å². The van der Waals surface area contributed by atoms with Gasteiger partial charge < -0.3 is 5.32 Å². The molecule has 0 radical (unpaired) electrons. The van der Waals surface area contributed by atoms with Gasteiger partial charge in [0, 0.05) is 23.7 Å². The van der Waals surface area contributed by atoms with Crippen LogP contribution >= 0.6 is 11.3 Å². The Balaban J connectivity index is 2.86. The van der Waals surface area contributed by atoms with Crippen molar-refractivity contribution >= 4 is 21.2 Å². The normalized spacial score (nSPS) is 12.3. The van der Waals surface area contributed by atoms with Crippen LogP contribution in [0.15, 0.2) is 0 Å². The lowest BCUT2D eigenvalue weighted by Gasteiger charge is -2.07. The van der Waals surface area contributed by atoms with Crippen molar-refractivity contribution in [2.75, 3.05) is 6.26 Å². The highest BCUT2D eigenvalue weighted by atomic mass is 32.2. The first-order valence-electron chi connectivity index (χ1n) is 6.20. The van der Waals surface area contributed by atoms with Crippen molar-refractivity contribution in [2.24, 2.45) is 0 Å². The van der Waals surface area contributed by atoms with Gasteiger partial charge in [0.2, 0.25) is 0 Å². The lowest BCUT2D eigenvalue weighted by molar-refractivity contribution is 0.589. The second-order valence-electron chi connectivity index (χ2n) is 4.83. The number of thiazole rings is 1. The van der Waals surface area contributed by atoms with Crippen molar-refractivity contribution in [3.8, 4) is 0 Å². The zero-order valence-corrected chi connectivity index (χ0v) is 13.1. The third kappa shape index (κ3) is 5.46. The van der Waals surface area contributed by atoms with Gasteiger partial charge in [-0.2, -0.15) is 0 Å². The molecule has 18 heavy (non-hydrogen) atoms. The minimum Gasteiger partial charge on any atom is -0.310 e. The van der Waals surface area contributed by atoms with Crippen LogP contribution in [0.1, 0.15) is 42.8 Å². The summed E-state index contributed by atoms with van der Waals surface area (Å²) in [6.45, 7) is 7.07. The van der Waals surface area contributed by atoms with Crippen molar-refractivity contribution in [3.63, 3.8) is 0 Å². The Labute approximate surface area is 114 Å². The van der Waals surface area contributed by atoms with Crippen LogP contribution in [0.4, 0.5) is 0 Å². The van der Waals surface area contributed by atoms with Crippen LogP contribution in [-0.4, -0.2) is 25.7 Å². The van der Waals surface area contributed by atoms with E-state index in [4.69, 9.17) is 0 Å². The highest BCUT2D eigenvalue weighted by Crippen LogP contribution is 2.21. The van der Waals surface area contributed by atoms with E-state index in [-0.39, 0.29) is 5.75 Å². The molecule has 1 N–H and O–H groups in total. The summed E-state index contributed by atoms with van der Waals surface area (Å²) in [6.07, 6.45) is 3.19. The third-order valence-electron chi connectivity index (χ3n) is 2.37. The molecule has 0 saturated carbocycles. The maximum Gasteiger partial charge on any atom is 0.153 e. The van der Waals surface area contributed by atoms with E-state index in [1.807, 2.05) is 0 Å². The molecule has 0 aliphatic heterocycles. The van der Waals surface area contributed by atoms with Crippen LogP contribution < -0.4 is 5.32 Å². The fourth-order valence-corrected chi connectivity index (χ4v) is 3.84. The summed E-state index contributed by atoms with van der Waals surface area (Å²) in [5, 5.41) is 4.07. The zero-order chi connectivity index (χ0) is 13.8. The van der Waals surface area contributed by atoms with Gasteiger partial charge in [-0.3, -0.25) is 0 Å². The topological polar surface area (TPSA) is 59.1 Å². The molecule has 1 rings (SSSR count). The molecule has 0 aliphatic rings. The summed E-state index contributed by atoms with van der Waals surface area (Å²) in [6, 6.07) is 0.417. The van der Waals surface area contributed by atoms with E-state index in [1.54, 1.807) is 0 Å². The third-order valence-corrected chi connectivity index (χ3v) is 4.44. The Morgan fingerprint density at radius 1 is 1.39 bits per heavy atom. The van der Waals surface area contributed by atoms with E-state index < -0.39 is 9.84 Å². The van der Waals surface area contributed by atoms with Gasteiger partial charge in [-0.15, -0.1) is 11.3 Å². The molecule has 0 aliphatic carbocycles. The molecule has 104 valence electrons. The molecule has 1 aromatic rings. The Morgan fingerprint density at radius 2 is 2.06 bits per heavy atom. The fourth-order valence-electron chi connectivity index (χ4n) is 1.59. The van der Waals surface area contributed by atoms with Gasteiger partial charge in [0.15, 0.2) is 9.84 Å². The summed E-state index contributed by atoms with van der Waals surface area (Å²) in [5.41, 5.74) is 1.05. The van der Waals surface area contributed by atoms with Gasteiger partial charge >= 0.3 is 0 Å². The molecule has 4 nitrogen and oxygen atoms in total. The van der Waals surface area contributed by atoms with Crippen LogP contribution in [0.3, 0.4) is 0 Å². The highest BCUT2D eigenvalue weighted by molar-refractivity contribution is 7.90. The van der Waals surface area contributed by atoms with Crippen LogP contribution in [-0.2, 0) is 28.6 Å². The molecule has 0 unspecified atom stereocenters. The van der Waals surface area contributed by atoms with E-state index in [0.29, 0.717) is 11.0 Å². The molecule has 0 spiro atoms. The fraction of sp³-hybridized carbons (Fsp3) is 0.750. The summed E-state index contributed by atoms with van der Waals surface area (Å²) in [5.74, 6) is 0.0516. The van der Waals surface area contributed by atoms with Gasteiger partial charge in [0.05, 0.1) is 5.69 Å². The average Bonchev–Trinajstić information content (AvgIpc) is 2.55. The lowest BCUT2D eigenvalue weighted by atomic mass is 10.2. The first-order chi connectivity index (χ1) is 8.31. The molecular weight excluding hydrogens is 268 g/mol. The minimum absolute atomic E-state index is 0.0516. The van der Waals surface area contributed by atoms with E-state index in [0.717, 1.165) is 25.1 Å². The standard InChI is InChI=1S/C12H22N2O2S2/c1-5-6-10-11(7-13-9(2)3)17-12(14-10)8-18(4,15)16/h9,13H,5-8H2,1-4H3. The number of hydrogen-bond acceptors (Lipinski definition) is 5. The predicted octanol–water partition coefficient (Wildman–Crippen LogP) is 2.14. The first kappa shape index (κ1) is 15.6. The van der Waals surface area contributed by atoms with Crippen molar-refractivity contribution in [3.05, 3.63) is 15.6 Å². The maximum absolute atomic E-state index is 11.3. The molecule has 0 fully saturated rings. The molecule has 1 heterocycles. The number of sulfone groups is 1. The maximum atomic E-state index is 11.3. The molecule has 0 amide bonds. The van der Waals surface area contributed by atoms with Gasteiger partial charge in [-0.1, -0.05) is 27.2 Å². The minimum atomic E-state index is -3.00. The highest BCUT2D eigenvalue weighted by Gasteiger charge is 2.14. The SMILES string of the molecule is CCCc1nc(CS(C)(=O)=O)sc1CNC(C)C. The monoisotopic (exact) mass is 290 g/mol. The second-order valence-corrected chi connectivity index (χ2v) is 8.14. The number of nitrogens with zero attached hydrogens (tertiary/aromatic N) is 1. The van der Waals surface area contributed by atoms with E-state index in [1.165, 1.54) is 22.5 Å².